The number of amides is 2. The van der Waals surface area contributed by atoms with E-state index in [4.69, 9.17) is 4.74 Å². The van der Waals surface area contributed by atoms with Crippen LogP contribution in [0.25, 0.3) is 9.88 Å². The summed E-state index contributed by atoms with van der Waals surface area (Å²) >= 11 is 3.13. The van der Waals surface area contributed by atoms with Crippen LogP contribution in [0.5, 0.6) is 0 Å². The molecule has 0 aliphatic carbocycles. The van der Waals surface area contributed by atoms with Gasteiger partial charge in [0.25, 0.3) is 0 Å². The second-order valence-corrected chi connectivity index (χ2v) is 6.22. The third kappa shape index (κ3) is 5.21. The fourth-order valence-corrected chi connectivity index (χ4v) is 3.30. The molecular weight excluding hydrogens is 322 g/mol. The number of ether oxygens (including phenoxy) is 1. The Morgan fingerprint density at radius 2 is 2.14 bits per heavy atom. The maximum atomic E-state index is 11.8. The molecule has 118 valence electrons. The molecule has 0 radical (unpaired) electrons. The van der Waals surface area contributed by atoms with E-state index in [-0.39, 0.29) is 24.8 Å². The Morgan fingerprint density at radius 3 is 2.86 bits per heavy atom. The molecular formula is C14H17N3O3S2. The van der Waals surface area contributed by atoms with Gasteiger partial charge in [0.15, 0.2) is 0 Å². The lowest BCUT2D eigenvalue weighted by Gasteiger charge is -2.05. The van der Waals surface area contributed by atoms with Gasteiger partial charge in [-0.05, 0) is 11.4 Å². The molecule has 0 fully saturated rings. The molecule has 8 heteroatoms. The van der Waals surface area contributed by atoms with Gasteiger partial charge in [0.2, 0.25) is 11.8 Å². The van der Waals surface area contributed by atoms with E-state index in [9.17, 15) is 9.59 Å². The van der Waals surface area contributed by atoms with Gasteiger partial charge in [-0.1, -0.05) is 6.07 Å². The molecule has 2 aromatic heterocycles. The lowest BCUT2D eigenvalue weighted by atomic mass is 10.3. The van der Waals surface area contributed by atoms with E-state index in [1.54, 1.807) is 18.4 Å². The van der Waals surface area contributed by atoms with Gasteiger partial charge >= 0.3 is 0 Å². The minimum atomic E-state index is -0.233. The van der Waals surface area contributed by atoms with Crippen molar-refractivity contribution in [3.05, 3.63) is 28.6 Å². The molecule has 0 spiro atoms. The fourth-order valence-electron chi connectivity index (χ4n) is 1.66. The molecule has 2 amide bonds. The van der Waals surface area contributed by atoms with Crippen molar-refractivity contribution in [3.63, 3.8) is 0 Å². The Hall–Kier alpha value is -1.77. The van der Waals surface area contributed by atoms with Crippen LogP contribution >= 0.6 is 22.7 Å². The van der Waals surface area contributed by atoms with Gasteiger partial charge in [0, 0.05) is 19.0 Å². The third-order valence-corrected chi connectivity index (χ3v) is 4.63. The van der Waals surface area contributed by atoms with Crippen molar-refractivity contribution in [3.8, 4) is 9.88 Å². The van der Waals surface area contributed by atoms with Crippen LogP contribution in [-0.2, 0) is 20.7 Å². The van der Waals surface area contributed by atoms with Crippen LogP contribution in [0.3, 0.4) is 0 Å². The van der Waals surface area contributed by atoms with Crippen LogP contribution in [-0.4, -0.2) is 43.6 Å². The van der Waals surface area contributed by atoms with E-state index in [1.807, 2.05) is 22.9 Å². The number of thiazole rings is 1. The number of methoxy groups -OCH3 is 1. The first-order chi connectivity index (χ1) is 10.7. The molecule has 22 heavy (non-hydrogen) atoms. The van der Waals surface area contributed by atoms with Crippen molar-refractivity contribution in [1.29, 1.82) is 0 Å². The molecule has 0 aliphatic rings. The van der Waals surface area contributed by atoms with Crippen molar-refractivity contribution < 1.29 is 14.3 Å². The minimum absolute atomic E-state index is 0.0372. The summed E-state index contributed by atoms with van der Waals surface area (Å²) in [7, 11) is 1.56. The first kappa shape index (κ1) is 16.6. The molecule has 2 N–H and O–H groups in total. The quantitative estimate of drug-likeness (QED) is 0.710. The average Bonchev–Trinajstić information content (AvgIpc) is 3.16. The van der Waals surface area contributed by atoms with Crippen LogP contribution < -0.4 is 10.6 Å². The van der Waals surface area contributed by atoms with Gasteiger partial charge < -0.3 is 15.4 Å². The first-order valence-corrected chi connectivity index (χ1v) is 8.45. The highest BCUT2D eigenvalue weighted by molar-refractivity contribution is 7.20. The summed E-state index contributed by atoms with van der Waals surface area (Å²) in [6.45, 7) is 0.843. The molecule has 0 atom stereocenters. The number of carbonyl (C=O) groups excluding carboxylic acids is 2. The zero-order valence-electron chi connectivity index (χ0n) is 12.1. The molecule has 2 aromatic rings. The zero-order valence-corrected chi connectivity index (χ0v) is 13.8. The van der Waals surface area contributed by atoms with Crippen LogP contribution in [0.1, 0.15) is 5.69 Å². The van der Waals surface area contributed by atoms with Gasteiger partial charge in [-0.25, -0.2) is 4.98 Å². The summed E-state index contributed by atoms with van der Waals surface area (Å²) in [5, 5.41) is 9.98. The highest BCUT2D eigenvalue weighted by Crippen LogP contribution is 2.27. The Kier molecular flexibility index (Phi) is 6.50. The first-order valence-electron chi connectivity index (χ1n) is 6.69. The molecule has 0 saturated heterocycles. The normalized spacial score (nSPS) is 10.4. The van der Waals surface area contributed by atoms with E-state index < -0.39 is 0 Å². The number of thiophene rings is 1. The van der Waals surface area contributed by atoms with Gasteiger partial charge in [0.1, 0.15) is 5.01 Å². The van der Waals surface area contributed by atoms with Crippen molar-refractivity contribution in [2.24, 2.45) is 0 Å². The second-order valence-electron chi connectivity index (χ2n) is 4.42. The third-order valence-electron chi connectivity index (χ3n) is 2.70. The largest absolute Gasteiger partial charge is 0.383 e. The number of nitrogens with one attached hydrogen (secondary N) is 2. The lowest BCUT2D eigenvalue weighted by molar-refractivity contribution is -0.125. The van der Waals surface area contributed by atoms with Crippen LogP contribution in [0.15, 0.2) is 22.9 Å². The summed E-state index contributed by atoms with van der Waals surface area (Å²) in [5.41, 5.74) is 0.714. The van der Waals surface area contributed by atoms with Crippen LogP contribution in [0.2, 0.25) is 0 Å². The van der Waals surface area contributed by atoms with Crippen LogP contribution in [0.4, 0.5) is 0 Å². The highest BCUT2D eigenvalue weighted by Gasteiger charge is 2.10. The number of carbonyl (C=O) groups is 2. The Balaban J connectivity index is 1.74. The van der Waals surface area contributed by atoms with Gasteiger partial charge in [-0.3, -0.25) is 9.59 Å². The van der Waals surface area contributed by atoms with E-state index in [0.717, 1.165) is 9.88 Å². The summed E-state index contributed by atoms with van der Waals surface area (Å²) in [5.74, 6) is -0.451. The molecule has 0 bridgehead atoms. The number of hydrogen-bond donors (Lipinski definition) is 2. The van der Waals surface area contributed by atoms with Gasteiger partial charge in [-0.15, -0.1) is 22.7 Å². The van der Waals surface area contributed by atoms with E-state index >= 15 is 0 Å². The fraction of sp³-hybridized carbons (Fsp3) is 0.357. The van der Waals surface area contributed by atoms with E-state index in [0.29, 0.717) is 18.8 Å². The number of aromatic nitrogens is 1. The maximum absolute atomic E-state index is 11.8. The van der Waals surface area contributed by atoms with Crippen LogP contribution in [0, 0.1) is 0 Å². The Morgan fingerprint density at radius 1 is 1.27 bits per heavy atom. The Bertz CT molecular complexity index is 611. The van der Waals surface area contributed by atoms with Gasteiger partial charge in [0.05, 0.1) is 30.1 Å². The second kappa shape index (κ2) is 8.62. The van der Waals surface area contributed by atoms with Gasteiger partial charge in [-0.2, -0.15) is 0 Å². The topological polar surface area (TPSA) is 80.3 Å². The molecule has 0 unspecified atom stereocenters. The smallest absolute Gasteiger partial charge is 0.239 e. The highest BCUT2D eigenvalue weighted by atomic mass is 32.1. The van der Waals surface area contributed by atoms with Crippen molar-refractivity contribution >= 4 is 34.5 Å². The molecule has 0 aromatic carbocycles. The molecule has 2 heterocycles. The minimum Gasteiger partial charge on any atom is -0.383 e. The molecule has 2 rings (SSSR count). The number of nitrogens with zero attached hydrogens (tertiary/aromatic N) is 1. The summed E-state index contributed by atoms with van der Waals surface area (Å²) in [4.78, 5) is 28.8. The predicted molar refractivity (Wildman–Crippen MR) is 87.0 cm³/mol. The molecule has 0 saturated carbocycles. The van der Waals surface area contributed by atoms with Crippen molar-refractivity contribution in [2.75, 3.05) is 26.8 Å². The summed E-state index contributed by atoms with van der Waals surface area (Å²) < 4.78 is 4.82. The lowest BCUT2D eigenvalue weighted by Crippen LogP contribution is -2.38. The van der Waals surface area contributed by atoms with E-state index in [1.165, 1.54) is 11.3 Å². The zero-order chi connectivity index (χ0) is 15.8. The summed E-state index contributed by atoms with van der Waals surface area (Å²) in [6, 6.07) is 3.97. The molecule has 6 nitrogen and oxygen atoms in total. The predicted octanol–water partition coefficient (Wildman–Crippen LogP) is 1.29. The SMILES string of the molecule is COCCNC(=O)CNC(=O)Cc1csc(-c2cccs2)n1. The molecule has 0 aliphatic heterocycles. The maximum Gasteiger partial charge on any atom is 0.239 e. The average molecular weight is 339 g/mol. The monoisotopic (exact) mass is 339 g/mol. The Labute approximate surface area is 136 Å². The van der Waals surface area contributed by atoms with E-state index in [2.05, 4.69) is 15.6 Å². The van der Waals surface area contributed by atoms with Crippen molar-refractivity contribution in [2.45, 2.75) is 6.42 Å². The standard InChI is InChI=1S/C14H17N3O3S2/c1-20-5-4-15-13(19)8-16-12(18)7-10-9-22-14(17-10)11-3-2-6-21-11/h2-3,6,9H,4-5,7-8H2,1H3,(H,15,19)(H,16,18). The summed E-state index contributed by atoms with van der Waals surface area (Å²) in [6.07, 6.45) is 0.174. The number of rotatable bonds is 8. The number of hydrogen-bond acceptors (Lipinski definition) is 6. The van der Waals surface area contributed by atoms with Crippen molar-refractivity contribution in [1.82, 2.24) is 15.6 Å².